The fourth-order valence-corrected chi connectivity index (χ4v) is 1.40. The third-order valence-electron chi connectivity index (χ3n) is 2.29. The quantitative estimate of drug-likeness (QED) is 0.517. The lowest BCUT2D eigenvalue weighted by Gasteiger charge is -2.17. The Bertz CT molecular complexity index is 95.8. The van der Waals surface area contributed by atoms with Crippen molar-refractivity contribution in [3.8, 4) is 0 Å². The van der Waals surface area contributed by atoms with E-state index in [0.717, 1.165) is 38.9 Å². The summed E-state index contributed by atoms with van der Waals surface area (Å²) in [6.45, 7) is 4.47. The van der Waals surface area contributed by atoms with Crippen molar-refractivity contribution in [2.75, 3.05) is 19.6 Å². The van der Waals surface area contributed by atoms with Gasteiger partial charge in [-0.15, -0.1) is 0 Å². The molecule has 74 valence electrons. The van der Waals surface area contributed by atoms with E-state index in [9.17, 15) is 0 Å². The highest BCUT2D eigenvalue weighted by Gasteiger charge is 2.09. The van der Waals surface area contributed by atoms with E-state index in [1.165, 1.54) is 0 Å². The van der Waals surface area contributed by atoms with E-state index in [2.05, 4.69) is 6.92 Å². The van der Waals surface area contributed by atoms with Crippen molar-refractivity contribution in [1.29, 1.82) is 0 Å². The molecule has 2 unspecified atom stereocenters. The summed E-state index contributed by atoms with van der Waals surface area (Å²) < 4.78 is 0. The van der Waals surface area contributed by atoms with Gasteiger partial charge in [-0.1, -0.05) is 6.92 Å². The molecule has 0 radical (unpaired) electrons. The third kappa shape index (κ3) is 5.52. The van der Waals surface area contributed by atoms with Gasteiger partial charge < -0.3 is 17.2 Å². The molecule has 0 rings (SSSR count). The Kier molecular flexibility index (Phi) is 7.45. The lowest BCUT2D eigenvalue weighted by atomic mass is 9.92. The van der Waals surface area contributed by atoms with Crippen molar-refractivity contribution in [2.24, 2.45) is 29.0 Å². The molecule has 0 aromatic rings. The highest BCUT2D eigenvalue weighted by Crippen LogP contribution is 2.14. The fraction of sp³-hybridized carbons (Fsp3) is 1.00. The molecule has 6 N–H and O–H groups in total. The minimum atomic E-state index is 0.594. The summed E-state index contributed by atoms with van der Waals surface area (Å²) in [6, 6.07) is 0. The molecule has 0 aliphatic carbocycles. The molecule has 0 aromatic carbocycles. The van der Waals surface area contributed by atoms with Crippen molar-refractivity contribution in [3.63, 3.8) is 0 Å². The van der Waals surface area contributed by atoms with Gasteiger partial charge >= 0.3 is 0 Å². The second kappa shape index (κ2) is 7.53. The second-order valence-corrected chi connectivity index (χ2v) is 3.61. The number of rotatable bonds is 7. The fourth-order valence-electron chi connectivity index (χ4n) is 1.40. The molecule has 0 aliphatic heterocycles. The van der Waals surface area contributed by atoms with Gasteiger partial charge in [-0.3, -0.25) is 0 Å². The average molecular weight is 173 g/mol. The normalized spacial score (nSPS) is 16.0. The van der Waals surface area contributed by atoms with Crippen LogP contribution in [0.3, 0.4) is 0 Å². The summed E-state index contributed by atoms with van der Waals surface area (Å²) in [5, 5.41) is 0. The zero-order chi connectivity index (χ0) is 9.40. The van der Waals surface area contributed by atoms with Crippen LogP contribution in [0.15, 0.2) is 0 Å². The summed E-state index contributed by atoms with van der Waals surface area (Å²) >= 11 is 0. The van der Waals surface area contributed by atoms with Crippen LogP contribution in [0.1, 0.15) is 26.2 Å². The molecule has 12 heavy (non-hydrogen) atoms. The van der Waals surface area contributed by atoms with Crippen molar-refractivity contribution in [2.45, 2.75) is 26.2 Å². The van der Waals surface area contributed by atoms with Gasteiger partial charge in [0.15, 0.2) is 0 Å². The maximum absolute atomic E-state index is 5.63. The molecule has 0 saturated carbocycles. The first-order chi connectivity index (χ1) is 5.74. The standard InChI is InChI=1S/C9H23N3/c1-8(6-11)5-9(7-12)3-2-4-10/h8-9H,2-7,10-12H2,1H3. The molecule has 0 bridgehead atoms. The molecule has 0 aliphatic rings. The highest BCUT2D eigenvalue weighted by molar-refractivity contribution is 4.65. The van der Waals surface area contributed by atoms with Gasteiger partial charge in [0, 0.05) is 0 Å². The van der Waals surface area contributed by atoms with Crippen LogP contribution < -0.4 is 17.2 Å². The van der Waals surface area contributed by atoms with Crippen molar-refractivity contribution < 1.29 is 0 Å². The molecule has 0 heterocycles. The smallest absolute Gasteiger partial charge is 0.00487 e. The number of hydrogen-bond acceptors (Lipinski definition) is 3. The first-order valence-electron chi connectivity index (χ1n) is 4.84. The van der Waals surface area contributed by atoms with Crippen LogP contribution in [0.4, 0.5) is 0 Å². The van der Waals surface area contributed by atoms with E-state index >= 15 is 0 Å². The number of hydrogen-bond donors (Lipinski definition) is 3. The summed E-state index contributed by atoms with van der Waals surface area (Å²) in [5.74, 6) is 1.21. The van der Waals surface area contributed by atoms with E-state index in [-0.39, 0.29) is 0 Å². The molecule has 0 saturated heterocycles. The Morgan fingerprint density at radius 2 is 1.75 bits per heavy atom. The van der Waals surface area contributed by atoms with Gasteiger partial charge in [-0.2, -0.15) is 0 Å². The lowest BCUT2D eigenvalue weighted by molar-refractivity contribution is 0.375. The molecule has 0 amide bonds. The molecule has 0 fully saturated rings. The van der Waals surface area contributed by atoms with Crippen molar-refractivity contribution in [1.82, 2.24) is 0 Å². The van der Waals surface area contributed by atoms with E-state index in [1.54, 1.807) is 0 Å². The molecule has 3 nitrogen and oxygen atoms in total. The summed E-state index contributed by atoms with van der Waals surface area (Å²) in [4.78, 5) is 0. The predicted molar refractivity (Wildman–Crippen MR) is 53.7 cm³/mol. The van der Waals surface area contributed by atoms with Crippen molar-refractivity contribution >= 4 is 0 Å². The lowest BCUT2D eigenvalue weighted by Crippen LogP contribution is -2.21. The van der Waals surface area contributed by atoms with Crippen LogP contribution in [-0.4, -0.2) is 19.6 Å². The van der Waals surface area contributed by atoms with Gasteiger partial charge in [0.25, 0.3) is 0 Å². The number of nitrogens with two attached hydrogens (primary N) is 3. The van der Waals surface area contributed by atoms with E-state index in [0.29, 0.717) is 11.8 Å². The molecule has 0 aromatic heterocycles. The monoisotopic (exact) mass is 173 g/mol. The van der Waals surface area contributed by atoms with Crippen molar-refractivity contribution in [3.05, 3.63) is 0 Å². The Morgan fingerprint density at radius 3 is 2.17 bits per heavy atom. The first-order valence-corrected chi connectivity index (χ1v) is 4.84. The molecule has 0 spiro atoms. The Balaban J connectivity index is 3.51. The SMILES string of the molecule is CC(CN)CC(CN)CCCN. The average Bonchev–Trinajstić information content (AvgIpc) is 2.11. The van der Waals surface area contributed by atoms with E-state index in [1.807, 2.05) is 0 Å². The summed E-state index contributed by atoms with van der Waals surface area (Å²) in [5.41, 5.74) is 16.6. The third-order valence-corrected chi connectivity index (χ3v) is 2.29. The van der Waals surface area contributed by atoms with Crippen LogP contribution in [0.25, 0.3) is 0 Å². The van der Waals surface area contributed by atoms with Crippen LogP contribution in [-0.2, 0) is 0 Å². The van der Waals surface area contributed by atoms with Gasteiger partial charge in [-0.25, -0.2) is 0 Å². The summed E-state index contributed by atoms with van der Waals surface area (Å²) in [7, 11) is 0. The molecular weight excluding hydrogens is 150 g/mol. The van der Waals surface area contributed by atoms with Crippen LogP contribution in [0.5, 0.6) is 0 Å². The van der Waals surface area contributed by atoms with Gasteiger partial charge in [0.2, 0.25) is 0 Å². The van der Waals surface area contributed by atoms with Crippen LogP contribution in [0.2, 0.25) is 0 Å². The maximum Gasteiger partial charge on any atom is -0.00487 e. The topological polar surface area (TPSA) is 78.1 Å². The van der Waals surface area contributed by atoms with Gasteiger partial charge in [-0.05, 0) is 50.7 Å². The Morgan fingerprint density at radius 1 is 1.08 bits per heavy atom. The second-order valence-electron chi connectivity index (χ2n) is 3.61. The first kappa shape index (κ1) is 11.9. The highest BCUT2D eigenvalue weighted by atomic mass is 14.6. The summed E-state index contributed by atoms with van der Waals surface area (Å²) in [6.07, 6.45) is 3.38. The molecule has 2 atom stereocenters. The van der Waals surface area contributed by atoms with E-state index in [4.69, 9.17) is 17.2 Å². The predicted octanol–water partition coefficient (Wildman–Crippen LogP) is 0.285. The maximum atomic E-state index is 5.63. The van der Waals surface area contributed by atoms with Crippen LogP contribution >= 0.6 is 0 Å². The van der Waals surface area contributed by atoms with E-state index < -0.39 is 0 Å². The minimum Gasteiger partial charge on any atom is -0.330 e. The molecular formula is C9H23N3. The zero-order valence-corrected chi connectivity index (χ0v) is 8.13. The minimum absolute atomic E-state index is 0.594. The Labute approximate surface area is 75.7 Å². The van der Waals surface area contributed by atoms with Gasteiger partial charge in [0.1, 0.15) is 0 Å². The zero-order valence-electron chi connectivity index (χ0n) is 8.13. The largest absolute Gasteiger partial charge is 0.330 e. The van der Waals surface area contributed by atoms with Crippen LogP contribution in [0, 0.1) is 11.8 Å². The Hall–Kier alpha value is -0.120. The molecule has 3 heteroatoms. The van der Waals surface area contributed by atoms with Gasteiger partial charge in [0.05, 0.1) is 0 Å².